The number of hydrogen-bond acceptors (Lipinski definition) is 1. The first kappa shape index (κ1) is 13.9. The maximum absolute atomic E-state index is 12.0. The fourth-order valence-electron chi connectivity index (χ4n) is 1.67. The Balaban J connectivity index is 2.21. The van der Waals surface area contributed by atoms with E-state index in [0.717, 1.165) is 11.1 Å². The Morgan fingerprint density at radius 1 is 1.05 bits per heavy atom. The maximum Gasteiger partial charge on any atom is 0.185 e. The monoisotopic (exact) mass is 290 g/mol. The lowest BCUT2D eigenvalue weighted by atomic mass is 10.1. The van der Waals surface area contributed by atoms with Gasteiger partial charge in [-0.1, -0.05) is 41.4 Å². The first-order chi connectivity index (χ1) is 9.08. The van der Waals surface area contributed by atoms with Gasteiger partial charge in [0.05, 0.1) is 0 Å². The molecule has 0 saturated heterocycles. The summed E-state index contributed by atoms with van der Waals surface area (Å²) in [6.07, 6.45) is 3.23. The average molecular weight is 291 g/mol. The Hall–Kier alpha value is -1.57. The van der Waals surface area contributed by atoms with E-state index in [4.69, 9.17) is 23.2 Å². The van der Waals surface area contributed by atoms with Crippen molar-refractivity contribution in [3.8, 4) is 0 Å². The number of hydrogen-bond donors (Lipinski definition) is 0. The molecule has 0 atom stereocenters. The first-order valence-electron chi connectivity index (χ1n) is 5.81. The summed E-state index contributed by atoms with van der Waals surface area (Å²) in [4.78, 5) is 12.0. The van der Waals surface area contributed by atoms with Gasteiger partial charge < -0.3 is 0 Å². The zero-order valence-electron chi connectivity index (χ0n) is 10.4. The van der Waals surface area contributed by atoms with Crippen molar-refractivity contribution in [1.29, 1.82) is 0 Å². The summed E-state index contributed by atoms with van der Waals surface area (Å²) in [5, 5.41) is 1.28. The predicted molar refractivity (Wildman–Crippen MR) is 81.0 cm³/mol. The second kappa shape index (κ2) is 6.05. The standard InChI is InChI=1S/C16H12Cl2O/c1-11-10-13(6-8-14(11)17)16(19)9-7-12-4-2-3-5-15(12)18/h2-10H,1H3/b9-7-. The van der Waals surface area contributed by atoms with E-state index in [-0.39, 0.29) is 5.78 Å². The molecule has 19 heavy (non-hydrogen) atoms. The van der Waals surface area contributed by atoms with Crippen LogP contribution in [0.15, 0.2) is 48.5 Å². The lowest BCUT2D eigenvalue weighted by Crippen LogP contribution is -1.94. The third-order valence-electron chi connectivity index (χ3n) is 2.76. The molecule has 0 N–H and O–H groups in total. The number of allylic oxidation sites excluding steroid dienone is 1. The van der Waals surface area contributed by atoms with Crippen LogP contribution in [0.2, 0.25) is 10.0 Å². The Morgan fingerprint density at radius 3 is 2.47 bits per heavy atom. The second-order valence-corrected chi connectivity index (χ2v) is 5.00. The summed E-state index contributed by atoms with van der Waals surface area (Å²) < 4.78 is 0. The Morgan fingerprint density at radius 2 is 1.79 bits per heavy atom. The highest BCUT2D eigenvalue weighted by atomic mass is 35.5. The van der Waals surface area contributed by atoms with Gasteiger partial charge in [0.25, 0.3) is 0 Å². The first-order valence-corrected chi connectivity index (χ1v) is 6.56. The molecule has 0 aromatic heterocycles. The van der Waals surface area contributed by atoms with Gasteiger partial charge in [-0.15, -0.1) is 0 Å². The summed E-state index contributed by atoms with van der Waals surface area (Å²) in [5.41, 5.74) is 2.33. The second-order valence-electron chi connectivity index (χ2n) is 4.18. The third-order valence-corrected chi connectivity index (χ3v) is 3.53. The number of halogens is 2. The van der Waals surface area contributed by atoms with Crippen molar-refractivity contribution in [2.75, 3.05) is 0 Å². The van der Waals surface area contributed by atoms with Crippen molar-refractivity contribution in [3.05, 3.63) is 75.3 Å². The lowest BCUT2D eigenvalue weighted by Gasteiger charge is -2.01. The summed E-state index contributed by atoms with van der Waals surface area (Å²) in [6, 6.07) is 12.6. The van der Waals surface area contributed by atoms with Crippen LogP contribution >= 0.6 is 23.2 Å². The van der Waals surface area contributed by atoms with Crippen molar-refractivity contribution >= 4 is 35.1 Å². The minimum Gasteiger partial charge on any atom is -0.289 e. The van der Waals surface area contributed by atoms with Gasteiger partial charge in [-0.3, -0.25) is 4.79 Å². The van der Waals surface area contributed by atoms with Crippen LogP contribution < -0.4 is 0 Å². The molecule has 0 spiro atoms. The molecule has 0 unspecified atom stereocenters. The van der Waals surface area contributed by atoms with Crippen LogP contribution in [0.1, 0.15) is 21.5 Å². The summed E-state index contributed by atoms with van der Waals surface area (Å²) in [6.45, 7) is 1.87. The molecule has 0 aliphatic heterocycles. The van der Waals surface area contributed by atoms with E-state index in [9.17, 15) is 4.79 Å². The van der Waals surface area contributed by atoms with E-state index in [1.165, 1.54) is 6.08 Å². The number of ketones is 1. The normalized spacial score (nSPS) is 10.9. The fraction of sp³-hybridized carbons (Fsp3) is 0.0625. The molecule has 0 amide bonds. The molecular weight excluding hydrogens is 279 g/mol. The van der Waals surface area contributed by atoms with Gasteiger partial charge in [-0.2, -0.15) is 0 Å². The fourth-order valence-corrected chi connectivity index (χ4v) is 1.99. The molecule has 0 aliphatic rings. The van der Waals surface area contributed by atoms with Gasteiger partial charge in [-0.05, 0) is 54.5 Å². The molecule has 3 heteroatoms. The van der Waals surface area contributed by atoms with Gasteiger partial charge in [0.15, 0.2) is 5.78 Å². The summed E-state index contributed by atoms with van der Waals surface area (Å²) in [5.74, 6) is -0.0697. The van der Waals surface area contributed by atoms with Gasteiger partial charge in [-0.25, -0.2) is 0 Å². The molecule has 0 saturated carbocycles. The van der Waals surface area contributed by atoms with Crippen LogP contribution in [-0.2, 0) is 0 Å². The predicted octanol–water partition coefficient (Wildman–Crippen LogP) is 5.20. The zero-order chi connectivity index (χ0) is 13.8. The minimum atomic E-state index is -0.0697. The largest absolute Gasteiger partial charge is 0.289 e. The highest BCUT2D eigenvalue weighted by molar-refractivity contribution is 6.32. The Kier molecular flexibility index (Phi) is 4.41. The van der Waals surface area contributed by atoms with Gasteiger partial charge in [0.2, 0.25) is 0 Å². The van der Waals surface area contributed by atoms with Crippen molar-refractivity contribution in [2.24, 2.45) is 0 Å². The van der Waals surface area contributed by atoms with Crippen molar-refractivity contribution < 1.29 is 4.79 Å². The number of benzene rings is 2. The van der Waals surface area contributed by atoms with Crippen LogP contribution in [0, 0.1) is 6.92 Å². The minimum absolute atomic E-state index is 0.0697. The zero-order valence-corrected chi connectivity index (χ0v) is 11.9. The van der Waals surface area contributed by atoms with Crippen LogP contribution in [0.25, 0.3) is 6.08 Å². The van der Waals surface area contributed by atoms with Crippen molar-refractivity contribution in [1.82, 2.24) is 0 Å². The number of carbonyl (C=O) groups excluding carboxylic acids is 1. The quantitative estimate of drug-likeness (QED) is 0.561. The molecule has 96 valence electrons. The Labute approximate surface area is 122 Å². The van der Waals surface area contributed by atoms with Crippen LogP contribution in [0.3, 0.4) is 0 Å². The molecular formula is C16H12Cl2O. The molecule has 2 aromatic carbocycles. The van der Waals surface area contributed by atoms with Crippen LogP contribution in [-0.4, -0.2) is 5.78 Å². The number of carbonyl (C=O) groups is 1. The van der Waals surface area contributed by atoms with E-state index >= 15 is 0 Å². The topological polar surface area (TPSA) is 17.1 Å². The highest BCUT2D eigenvalue weighted by Gasteiger charge is 2.04. The molecule has 0 radical (unpaired) electrons. The molecule has 2 rings (SSSR count). The summed E-state index contributed by atoms with van der Waals surface area (Å²) in [7, 11) is 0. The van der Waals surface area contributed by atoms with E-state index in [2.05, 4.69) is 0 Å². The van der Waals surface area contributed by atoms with E-state index in [1.807, 2.05) is 25.1 Å². The van der Waals surface area contributed by atoms with Crippen molar-refractivity contribution in [3.63, 3.8) is 0 Å². The lowest BCUT2D eigenvalue weighted by molar-refractivity contribution is 0.104. The molecule has 0 heterocycles. The van der Waals surface area contributed by atoms with Crippen LogP contribution in [0.5, 0.6) is 0 Å². The molecule has 0 aliphatic carbocycles. The van der Waals surface area contributed by atoms with Crippen LogP contribution in [0.4, 0.5) is 0 Å². The summed E-state index contributed by atoms with van der Waals surface area (Å²) >= 11 is 12.0. The SMILES string of the molecule is Cc1cc(C(=O)/C=C\c2ccccc2Cl)ccc1Cl. The van der Waals surface area contributed by atoms with E-state index in [0.29, 0.717) is 15.6 Å². The number of rotatable bonds is 3. The van der Waals surface area contributed by atoms with E-state index < -0.39 is 0 Å². The third kappa shape index (κ3) is 3.46. The van der Waals surface area contributed by atoms with Gasteiger partial charge >= 0.3 is 0 Å². The highest BCUT2D eigenvalue weighted by Crippen LogP contribution is 2.19. The average Bonchev–Trinajstić information content (AvgIpc) is 2.40. The number of aryl methyl sites for hydroxylation is 1. The Bertz CT molecular complexity index is 645. The van der Waals surface area contributed by atoms with E-state index in [1.54, 1.807) is 30.3 Å². The van der Waals surface area contributed by atoms with Gasteiger partial charge in [0, 0.05) is 15.6 Å². The smallest absolute Gasteiger partial charge is 0.185 e. The maximum atomic E-state index is 12.0. The molecule has 0 bridgehead atoms. The van der Waals surface area contributed by atoms with Gasteiger partial charge in [0.1, 0.15) is 0 Å². The molecule has 1 nitrogen and oxygen atoms in total. The molecule has 2 aromatic rings. The van der Waals surface area contributed by atoms with Crippen molar-refractivity contribution in [2.45, 2.75) is 6.92 Å². The molecule has 0 fully saturated rings.